The molecule has 1 aliphatic heterocycles. The number of likely N-dealkylation sites (tertiary alicyclic amines) is 1. The summed E-state index contributed by atoms with van der Waals surface area (Å²) in [5, 5.41) is 6.48. The van der Waals surface area contributed by atoms with E-state index in [0.29, 0.717) is 37.4 Å². The number of rotatable bonds is 7. The van der Waals surface area contributed by atoms with Crippen molar-refractivity contribution in [3.8, 4) is 11.5 Å². The minimum atomic E-state index is -4.11. The second-order valence-corrected chi connectivity index (χ2v) is 7.99. The third kappa shape index (κ3) is 7.57. The van der Waals surface area contributed by atoms with Gasteiger partial charge in [-0.05, 0) is 57.3 Å². The van der Waals surface area contributed by atoms with Gasteiger partial charge in [0.15, 0.2) is 5.96 Å². The molecule has 6 nitrogen and oxygen atoms in total. The first-order chi connectivity index (χ1) is 14.8. The van der Waals surface area contributed by atoms with E-state index in [9.17, 15) is 13.2 Å². The lowest BCUT2D eigenvalue weighted by Gasteiger charge is -2.32. The van der Waals surface area contributed by atoms with E-state index in [4.69, 9.17) is 4.42 Å². The summed E-state index contributed by atoms with van der Waals surface area (Å²) in [4.78, 5) is 10.2. The van der Waals surface area contributed by atoms with Crippen LogP contribution in [0.25, 0.3) is 11.5 Å². The molecule has 3 rings (SSSR count). The minimum absolute atomic E-state index is 0.433. The highest BCUT2D eigenvalue weighted by Crippen LogP contribution is 2.24. The van der Waals surface area contributed by atoms with E-state index in [0.717, 1.165) is 37.1 Å². The number of alkyl halides is 3. The number of halogens is 3. The van der Waals surface area contributed by atoms with Crippen LogP contribution in [0.15, 0.2) is 39.9 Å². The molecule has 2 aromatic rings. The van der Waals surface area contributed by atoms with Crippen LogP contribution < -0.4 is 10.6 Å². The van der Waals surface area contributed by atoms with Gasteiger partial charge in [0.25, 0.3) is 0 Å². The molecule has 1 aromatic carbocycles. The van der Waals surface area contributed by atoms with Crippen molar-refractivity contribution in [1.29, 1.82) is 0 Å². The van der Waals surface area contributed by atoms with Gasteiger partial charge in [0.1, 0.15) is 6.26 Å². The normalized spacial score (nSPS) is 16.5. The van der Waals surface area contributed by atoms with E-state index in [1.165, 1.54) is 10.5 Å². The molecule has 1 saturated heterocycles. The van der Waals surface area contributed by atoms with Gasteiger partial charge in [0, 0.05) is 19.2 Å². The molecule has 0 atom stereocenters. The highest BCUT2D eigenvalue weighted by Gasteiger charge is 2.32. The first kappa shape index (κ1) is 23.1. The molecular formula is C22H30F3N5O. The predicted octanol–water partition coefficient (Wildman–Crippen LogP) is 3.98. The number of hydrogen-bond donors (Lipinski definition) is 2. The third-order valence-corrected chi connectivity index (χ3v) is 5.47. The largest absolute Gasteiger partial charge is 0.444 e. The Balaban J connectivity index is 1.36. The van der Waals surface area contributed by atoms with Gasteiger partial charge in [-0.2, -0.15) is 13.2 Å². The molecule has 0 saturated carbocycles. The zero-order valence-electron chi connectivity index (χ0n) is 18.0. The van der Waals surface area contributed by atoms with Gasteiger partial charge in [-0.15, -0.1) is 0 Å². The number of oxazole rings is 1. The molecule has 170 valence electrons. The van der Waals surface area contributed by atoms with Gasteiger partial charge >= 0.3 is 6.18 Å². The van der Waals surface area contributed by atoms with E-state index < -0.39 is 12.7 Å². The predicted molar refractivity (Wildman–Crippen MR) is 115 cm³/mol. The molecule has 0 bridgehead atoms. The van der Waals surface area contributed by atoms with E-state index in [-0.39, 0.29) is 0 Å². The number of aliphatic imine (C=N–C) groups is 1. The summed E-state index contributed by atoms with van der Waals surface area (Å²) in [7, 11) is 1.70. The van der Waals surface area contributed by atoms with Crippen molar-refractivity contribution in [2.75, 3.05) is 33.2 Å². The number of nitrogens with zero attached hydrogens (tertiary/aromatic N) is 3. The molecule has 0 amide bonds. The number of piperidine rings is 1. The Morgan fingerprint density at radius 3 is 2.55 bits per heavy atom. The van der Waals surface area contributed by atoms with Crippen LogP contribution in [0.2, 0.25) is 0 Å². The number of benzene rings is 1. The molecule has 2 heterocycles. The molecule has 0 radical (unpaired) electrons. The number of hydrogen-bond acceptors (Lipinski definition) is 4. The summed E-state index contributed by atoms with van der Waals surface area (Å²) in [6.07, 6.45) is 0.0125. The molecule has 9 heteroatoms. The topological polar surface area (TPSA) is 65.7 Å². The Labute approximate surface area is 180 Å². The Morgan fingerprint density at radius 1 is 1.19 bits per heavy atom. The Bertz CT molecular complexity index is 840. The molecule has 2 N–H and O–H groups in total. The van der Waals surface area contributed by atoms with Crippen molar-refractivity contribution in [3.05, 3.63) is 41.8 Å². The summed E-state index contributed by atoms with van der Waals surface area (Å²) >= 11 is 0. The SMILES string of the molecule is CN=C(NCCC1CCN(CC(F)(F)F)CC1)NCc1coc(-c2ccc(C)cc2)n1. The first-order valence-electron chi connectivity index (χ1n) is 10.6. The second kappa shape index (κ2) is 10.7. The third-order valence-electron chi connectivity index (χ3n) is 5.47. The maximum absolute atomic E-state index is 12.5. The number of aromatic nitrogens is 1. The van der Waals surface area contributed by atoms with Crippen LogP contribution in [-0.2, 0) is 6.54 Å². The zero-order chi connectivity index (χ0) is 22.3. The van der Waals surface area contributed by atoms with Crippen molar-refractivity contribution < 1.29 is 17.6 Å². The number of nitrogens with one attached hydrogen (secondary N) is 2. The lowest BCUT2D eigenvalue weighted by molar-refractivity contribution is -0.148. The van der Waals surface area contributed by atoms with Crippen molar-refractivity contribution in [2.24, 2.45) is 10.9 Å². The van der Waals surface area contributed by atoms with Gasteiger partial charge in [0.2, 0.25) is 5.89 Å². The summed E-state index contributed by atoms with van der Waals surface area (Å²) in [6, 6.07) is 7.99. The molecule has 31 heavy (non-hydrogen) atoms. The molecular weight excluding hydrogens is 407 g/mol. The average molecular weight is 438 g/mol. The summed E-state index contributed by atoms with van der Waals surface area (Å²) in [5.74, 6) is 1.67. The van der Waals surface area contributed by atoms with Crippen LogP contribution in [0.5, 0.6) is 0 Å². The minimum Gasteiger partial charge on any atom is -0.444 e. The van der Waals surface area contributed by atoms with Crippen LogP contribution in [0, 0.1) is 12.8 Å². The fourth-order valence-corrected chi connectivity index (χ4v) is 3.69. The number of guanidine groups is 1. The van der Waals surface area contributed by atoms with Crippen LogP contribution in [-0.4, -0.2) is 55.2 Å². The van der Waals surface area contributed by atoms with E-state index >= 15 is 0 Å². The highest BCUT2D eigenvalue weighted by atomic mass is 19.4. The van der Waals surface area contributed by atoms with Crippen molar-refractivity contribution >= 4 is 5.96 Å². The maximum Gasteiger partial charge on any atom is 0.401 e. The standard InChI is InChI=1S/C22H30F3N5O/c1-16-3-5-18(6-4-16)20-29-19(14-31-20)13-28-21(26-2)27-10-7-17-8-11-30(12-9-17)15-22(23,24)25/h3-6,14,17H,7-13,15H2,1-2H3,(H2,26,27,28). The van der Waals surface area contributed by atoms with Gasteiger partial charge in [-0.25, -0.2) is 4.98 Å². The monoisotopic (exact) mass is 437 g/mol. The van der Waals surface area contributed by atoms with Crippen LogP contribution >= 0.6 is 0 Å². The Morgan fingerprint density at radius 2 is 1.90 bits per heavy atom. The zero-order valence-corrected chi connectivity index (χ0v) is 18.0. The van der Waals surface area contributed by atoms with Crippen molar-refractivity contribution in [2.45, 2.75) is 38.9 Å². The second-order valence-electron chi connectivity index (χ2n) is 7.99. The molecule has 0 aliphatic carbocycles. The van der Waals surface area contributed by atoms with Crippen LogP contribution in [0.1, 0.15) is 30.5 Å². The highest BCUT2D eigenvalue weighted by molar-refractivity contribution is 5.79. The quantitative estimate of drug-likeness (QED) is 0.507. The summed E-state index contributed by atoms with van der Waals surface area (Å²) in [5.41, 5.74) is 2.88. The van der Waals surface area contributed by atoms with Gasteiger partial charge in [0.05, 0.1) is 18.8 Å². The van der Waals surface area contributed by atoms with Crippen molar-refractivity contribution in [3.63, 3.8) is 0 Å². The Kier molecular flexibility index (Phi) is 7.95. The maximum atomic E-state index is 12.5. The first-order valence-corrected chi connectivity index (χ1v) is 10.6. The molecule has 0 spiro atoms. The lowest BCUT2D eigenvalue weighted by Crippen LogP contribution is -2.41. The van der Waals surface area contributed by atoms with E-state index in [2.05, 4.69) is 20.6 Å². The van der Waals surface area contributed by atoms with E-state index in [1.54, 1.807) is 13.3 Å². The molecule has 1 fully saturated rings. The van der Waals surface area contributed by atoms with Crippen LogP contribution in [0.4, 0.5) is 13.2 Å². The van der Waals surface area contributed by atoms with Gasteiger partial charge in [-0.3, -0.25) is 9.89 Å². The smallest absolute Gasteiger partial charge is 0.401 e. The molecule has 1 aromatic heterocycles. The van der Waals surface area contributed by atoms with Gasteiger partial charge < -0.3 is 15.1 Å². The van der Waals surface area contributed by atoms with E-state index in [1.807, 2.05) is 31.2 Å². The molecule has 0 unspecified atom stereocenters. The van der Waals surface area contributed by atoms with Crippen LogP contribution in [0.3, 0.4) is 0 Å². The fraction of sp³-hybridized carbons (Fsp3) is 0.545. The lowest BCUT2D eigenvalue weighted by atomic mass is 9.93. The molecule has 1 aliphatic rings. The Hall–Kier alpha value is -2.55. The van der Waals surface area contributed by atoms with Gasteiger partial charge in [-0.1, -0.05) is 17.7 Å². The average Bonchev–Trinajstić information content (AvgIpc) is 3.20. The number of aryl methyl sites for hydroxylation is 1. The summed E-state index contributed by atoms with van der Waals surface area (Å²) < 4.78 is 43.0. The summed E-state index contributed by atoms with van der Waals surface area (Å²) in [6.45, 7) is 3.44. The fourth-order valence-electron chi connectivity index (χ4n) is 3.69. The van der Waals surface area contributed by atoms with Crippen molar-refractivity contribution in [1.82, 2.24) is 20.5 Å².